The molecule has 0 unspecified atom stereocenters. The van der Waals surface area contributed by atoms with Crippen molar-refractivity contribution in [3.63, 3.8) is 0 Å². The van der Waals surface area contributed by atoms with Crippen LogP contribution in [0.5, 0.6) is 0 Å². The van der Waals surface area contributed by atoms with Crippen molar-refractivity contribution in [2.75, 3.05) is 13.1 Å². The van der Waals surface area contributed by atoms with E-state index in [1.807, 2.05) is 30.3 Å². The molecule has 0 spiro atoms. The van der Waals surface area contributed by atoms with Gasteiger partial charge in [-0.3, -0.25) is 4.79 Å². The van der Waals surface area contributed by atoms with E-state index >= 15 is 0 Å². The quantitative estimate of drug-likeness (QED) is 0.754. The lowest BCUT2D eigenvalue weighted by Crippen LogP contribution is -2.32. The fourth-order valence-corrected chi connectivity index (χ4v) is 2.47. The normalized spacial score (nSPS) is 10.4. The highest BCUT2D eigenvalue weighted by atomic mass is 16.4. The second-order valence-corrected chi connectivity index (χ2v) is 5.38. The lowest BCUT2D eigenvalue weighted by Gasteiger charge is -2.20. The second kappa shape index (κ2) is 8.15. The molecule has 5 heteroatoms. The zero-order valence-corrected chi connectivity index (χ0v) is 13.7. The summed E-state index contributed by atoms with van der Waals surface area (Å²) in [5.41, 5.74) is 1.17. The summed E-state index contributed by atoms with van der Waals surface area (Å²) in [5, 5.41) is 9.18. The maximum absolute atomic E-state index is 12.7. The van der Waals surface area contributed by atoms with Crippen LogP contribution in [0.2, 0.25) is 0 Å². The highest BCUT2D eigenvalue weighted by molar-refractivity contribution is 5.96. The average molecular weight is 327 g/mol. The predicted molar refractivity (Wildman–Crippen MR) is 91.3 cm³/mol. The van der Waals surface area contributed by atoms with Crippen LogP contribution in [0.4, 0.5) is 0 Å². The fourth-order valence-electron chi connectivity index (χ4n) is 2.47. The van der Waals surface area contributed by atoms with Gasteiger partial charge in [0.05, 0.1) is 0 Å². The van der Waals surface area contributed by atoms with Crippen LogP contribution in [0.15, 0.2) is 53.5 Å². The highest BCUT2D eigenvalue weighted by Crippen LogP contribution is 2.18. The van der Waals surface area contributed by atoms with Gasteiger partial charge in [0.25, 0.3) is 5.91 Å². The van der Waals surface area contributed by atoms with Gasteiger partial charge in [-0.2, -0.15) is 0 Å². The maximum atomic E-state index is 12.7. The molecule has 1 aromatic carbocycles. The van der Waals surface area contributed by atoms with Crippen molar-refractivity contribution in [1.29, 1.82) is 0 Å². The molecule has 2 rings (SSSR count). The third-order valence-electron chi connectivity index (χ3n) is 3.72. The molecule has 0 saturated heterocycles. The van der Waals surface area contributed by atoms with Gasteiger partial charge >= 0.3 is 5.97 Å². The standard InChI is InChI=1S/C19H21NO4/c1-3-11-20(12-10-14-8-6-5-7-9-14)18(21)17-13-15(19(22)23)16(4-2)24-17/h3,5-9,13H,1,4,10-12H2,2H3,(H,22,23). The van der Waals surface area contributed by atoms with Crippen LogP contribution in [0, 0.1) is 0 Å². The number of carboxylic acids is 1. The largest absolute Gasteiger partial charge is 0.478 e. The topological polar surface area (TPSA) is 70.8 Å². The van der Waals surface area contributed by atoms with Crippen molar-refractivity contribution >= 4 is 11.9 Å². The Hall–Kier alpha value is -2.82. The molecule has 0 aliphatic heterocycles. The highest BCUT2D eigenvalue weighted by Gasteiger charge is 2.23. The zero-order chi connectivity index (χ0) is 17.5. The first-order valence-electron chi connectivity index (χ1n) is 7.86. The van der Waals surface area contributed by atoms with Gasteiger partial charge in [0, 0.05) is 25.6 Å². The third kappa shape index (κ3) is 4.13. The fraction of sp³-hybridized carbons (Fsp3) is 0.263. The minimum atomic E-state index is -1.09. The van der Waals surface area contributed by atoms with Gasteiger partial charge in [0.2, 0.25) is 0 Å². The zero-order valence-electron chi connectivity index (χ0n) is 13.7. The third-order valence-corrected chi connectivity index (χ3v) is 3.72. The van der Waals surface area contributed by atoms with Gasteiger partial charge in [0.15, 0.2) is 5.76 Å². The molecule has 0 aliphatic rings. The summed E-state index contributed by atoms with van der Waals surface area (Å²) in [6.07, 6.45) is 2.76. The van der Waals surface area contributed by atoms with Gasteiger partial charge in [-0.05, 0) is 12.0 Å². The molecular formula is C19H21NO4. The van der Waals surface area contributed by atoms with Crippen molar-refractivity contribution in [3.8, 4) is 0 Å². The molecule has 1 amide bonds. The van der Waals surface area contributed by atoms with E-state index in [4.69, 9.17) is 4.42 Å². The smallest absolute Gasteiger partial charge is 0.339 e. The Bertz CT molecular complexity index is 718. The van der Waals surface area contributed by atoms with E-state index in [9.17, 15) is 14.7 Å². The molecule has 0 atom stereocenters. The molecule has 0 aliphatic carbocycles. The van der Waals surface area contributed by atoms with Crippen LogP contribution >= 0.6 is 0 Å². The summed E-state index contributed by atoms with van der Waals surface area (Å²) in [4.78, 5) is 25.5. The Morgan fingerprint density at radius 2 is 2.00 bits per heavy atom. The van der Waals surface area contributed by atoms with E-state index in [1.165, 1.54) is 6.07 Å². The number of benzene rings is 1. The van der Waals surface area contributed by atoms with Crippen LogP contribution in [0.25, 0.3) is 0 Å². The number of hydrogen-bond donors (Lipinski definition) is 1. The number of carboxylic acid groups (broad SMARTS) is 1. The van der Waals surface area contributed by atoms with Crippen LogP contribution < -0.4 is 0 Å². The van der Waals surface area contributed by atoms with E-state index in [0.717, 1.165) is 5.56 Å². The van der Waals surface area contributed by atoms with Crippen LogP contribution in [0.3, 0.4) is 0 Å². The Labute approximate surface area is 141 Å². The number of aryl methyl sites for hydroxylation is 1. The van der Waals surface area contributed by atoms with Crippen LogP contribution in [-0.4, -0.2) is 35.0 Å². The average Bonchev–Trinajstić information content (AvgIpc) is 3.03. The van der Waals surface area contributed by atoms with Crippen molar-refractivity contribution < 1.29 is 19.1 Å². The molecule has 24 heavy (non-hydrogen) atoms. The number of rotatable bonds is 8. The first kappa shape index (κ1) is 17.5. The number of hydrogen-bond acceptors (Lipinski definition) is 3. The van der Waals surface area contributed by atoms with E-state index in [-0.39, 0.29) is 17.2 Å². The van der Waals surface area contributed by atoms with E-state index in [0.29, 0.717) is 31.7 Å². The van der Waals surface area contributed by atoms with Crippen LogP contribution in [0.1, 0.15) is 39.2 Å². The Morgan fingerprint density at radius 1 is 1.29 bits per heavy atom. The molecule has 2 aromatic rings. The number of nitrogens with zero attached hydrogens (tertiary/aromatic N) is 1. The first-order valence-corrected chi connectivity index (χ1v) is 7.86. The van der Waals surface area contributed by atoms with Crippen molar-refractivity contribution in [2.24, 2.45) is 0 Å². The Morgan fingerprint density at radius 3 is 2.54 bits per heavy atom. The summed E-state index contributed by atoms with van der Waals surface area (Å²) in [5.74, 6) is -1.05. The van der Waals surface area contributed by atoms with Gasteiger partial charge < -0.3 is 14.4 Å². The number of amides is 1. The number of carbonyl (C=O) groups is 2. The number of aromatic carboxylic acids is 1. The summed E-state index contributed by atoms with van der Waals surface area (Å²) < 4.78 is 5.46. The second-order valence-electron chi connectivity index (χ2n) is 5.38. The number of furan rings is 1. The first-order chi connectivity index (χ1) is 11.6. The van der Waals surface area contributed by atoms with E-state index in [1.54, 1.807) is 17.9 Å². The molecule has 126 valence electrons. The molecule has 1 aromatic heterocycles. The molecule has 1 heterocycles. The van der Waals surface area contributed by atoms with E-state index in [2.05, 4.69) is 6.58 Å². The SMILES string of the molecule is C=CCN(CCc1ccccc1)C(=O)c1cc(C(=O)O)c(CC)o1. The minimum absolute atomic E-state index is 0.0439. The Balaban J connectivity index is 2.16. The summed E-state index contributed by atoms with van der Waals surface area (Å²) in [6.45, 7) is 6.34. The molecule has 0 fully saturated rings. The summed E-state index contributed by atoms with van der Waals surface area (Å²) in [7, 11) is 0. The predicted octanol–water partition coefficient (Wildman–Crippen LogP) is 3.41. The lowest BCUT2D eigenvalue weighted by molar-refractivity contribution is 0.0692. The molecule has 0 bridgehead atoms. The molecule has 0 saturated carbocycles. The van der Waals surface area contributed by atoms with Crippen LogP contribution in [-0.2, 0) is 12.8 Å². The molecular weight excluding hydrogens is 306 g/mol. The van der Waals surface area contributed by atoms with Gasteiger partial charge in [-0.15, -0.1) is 6.58 Å². The molecule has 5 nitrogen and oxygen atoms in total. The van der Waals surface area contributed by atoms with Crippen molar-refractivity contribution in [1.82, 2.24) is 4.90 Å². The van der Waals surface area contributed by atoms with E-state index < -0.39 is 5.97 Å². The molecule has 0 radical (unpaired) electrons. The lowest BCUT2D eigenvalue weighted by atomic mass is 10.1. The summed E-state index contributed by atoms with van der Waals surface area (Å²) in [6, 6.07) is 11.2. The van der Waals surface area contributed by atoms with Gasteiger partial charge in [-0.1, -0.05) is 43.3 Å². The van der Waals surface area contributed by atoms with Gasteiger partial charge in [-0.25, -0.2) is 4.79 Å². The minimum Gasteiger partial charge on any atom is -0.478 e. The number of carbonyl (C=O) groups excluding carboxylic acids is 1. The van der Waals surface area contributed by atoms with Crippen molar-refractivity contribution in [2.45, 2.75) is 19.8 Å². The van der Waals surface area contributed by atoms with Crippen molar-refractivity contribution in [3.05, 3.63) is 71.7 Å². The van der Waals surface area contributed by atoms with Gasteiger partial charge in [0.1, 0.15) is 11.3 Å². The Kier molecular flexibility index (Phi) is 5.95. The monoisotopic (exact) mass is 327 g/mol. The maximum Gasteiger partial charge on any atom is 0.339 e. The molecule has 1 N–H and O–H groups in total. The summed E-state index contributed by atoms with van der Waals surface area (Å²) >= 11 is 0.